The summed E-state index contributed by atoms with van der Waals surface area (Å²) in [6.45, 7) is 2.93. The van der Waals surface area contributed by atoms with Crippen LogP contribution in [0, 0.1) is 0 Å². The SMILES string of the molecule is CC(O)NC1(C)C(=O)C=CC1=O. The molecule has 0 saturated carbocycles. The molecule has 1 aliphatic carbocycles. The van der Waals surface area contributed by atoms with Gasteiger partial charge in [0.05, 0.1) is 0 Å². The van der Waals surface area contributed by atoms with Gasteiger partial charge in [-0.05, 0) is 26.0 Å². The Balaban J connectivity index is 2.84. The van der Waals surface area contributed by atoms with Crippen LogP contribution in [0.1, 0.15) is 13.8 Å². The molecule has 0 amide bonds. The number of rotatable bonds is 2. The normalized spacial score (nSPS) is 23.2. The predicted octanol–water partition coefficient (Wildman–Crippen LogP) is -0.619. The Morgan fingerprint density at radius 3 is 2.17 bits per heavy atom. The van der Waals surface area contributed by atoms with Crippen LogP contribution in [-0.4, -0.2) is 28.4 Å². The van der Waals surface area contributed by atoms with E-state index in [0.717, 1.165) is 0 Å². The van der Waals surface area contributed by atoms with Gasteiger partial charge in [-0.2, -0.15) is 0 Å². The lowest BCUT2D eigenvalue weighted by molar-refractivity contribution is -0.130. The largest absolute Gasteiger partial charge is 0.379 e. The van der Waals surface area contributed by atoms with Crippen molar-refractivity contribution in [1.29, 1.82) is 0 Å². The maximum absolute atomic E-state index is 11.2. The molecule has 0 aromatic rings. The number of carbonyl (C=O) groups is 2. The van der Waals surface area contributed by atoms with Crippen LogP contribution in [0.25, 0.3) is 0 Å². The molecule has 4 nitrogen and oxygen atoms in total. The molecule has 66 valence electrons. The van der Waals surface area contributed by atoms with Crippen LogP contribution < -0.4 is 5.32 Å². The number of aliphatic hydroxyl groups is 1. The van der Waals surface area contributed by atoms with Gasteiger partial charge in [-0.3, -0.25) is 14.9 Å². The molecule has 1 atom stereocenters. The van der Waals surface area contributed by atoms with Crippen molar-refractivity contribution < 1.29 is 14.7 Å². The molecule has 1 aliphatic rings. The van der Waals surface area contributed by atoms with E-state index in [-0.39, 0.29) is 11.6 Å². The van der Waals surface area contributed by atoms with Crippen LogP contribution in [0.15, 0.2) is 12.2 Å². The topological polar surface area (TPSA) is 66.4 Å². The van der Waals surface area contributed by atoms with E-state index in [1.807, 2.05) is 0 Å². The maximum atomic E-state index is 11.2. The van der Waals surface area contributed by atoms with Crippen molar-refractivity contribution in [3.8, 4) is 0 Å². The van der Waals surface area contributed by atoms with E-state index in [0.29, 0.717) is 0 Å². The second-order valence-corrected chi connectivity index (χ2v) is 3.01. The van der Waals surface area contributed by atoms with Crippen LogP contribution in [0.2, 0.25) is 0 Å². The zero-order chi connectivity index (χ0) is 9.35. The molecule has 1 rings (SSSR count). The molecule has 1 unspecified atom stereocenters. The molecule has 4 heteroatoms. The quantitative estimate of drug-likeness (QED) is 0.427. The molecule has 0 spiro atoms. The molecule has 0 aromatic carbocycles. The molecule has 0 fully saturated rings. The van der Waals surface area contributed by atoms with Gasteiger partial charge in [0.1, 0.15) is 11.8 Å². The van der Waals surface area contributed by atoms with Gasteiger partial charge in [0.15, 0.2) is 11.6 Å². The molecule has 0 bridgehead atoms. The number of hydrogen-bond donors (Lipinski definition) is 2. The highest BCUT2D eigenvalue weighted by Crippen LogP contribution is 2.16. The second-order valence-electron chi connectivity index (χ2n) is 3.01. The van der Waals surface area contributed by atoms with E-state index in [1.165, 1.54) is 26.0 Å². The van der Waals surface area contributed by atoms with Gasteiger partial charge in [0.25, 0.3) is 0 Å². The third-order valence-electron chi connectivity index (χ3n) is 1.87. The van der Waals surface area contributed by atoms with Crippen molar-refractivity contribution in [1.82, 2.24) is 5.32 Å². The first-order chi connectivity index (χ1) is 5.47. The minimum Gasteiger partial charge on any atom is -0.379 e. The molecule has 0 saturated heterocycles. The van der Waals surface area contributed by atoms with Crippen LogP contribution in [0.4, 0.5) is 0 Å². The van der Waals surface area contributed by atoms with Crippen LogP contribution in [0.5, 0.6) is 0 Å². The average Bonchev–Trinajstić information content (AvgIpc) is 2.16. The Hall–Kier alpha value is -1.00. The molecule has 12 heavy (non-hydrogen) atoms. The van der Waals surface area contributed by atoms with Crippen molar-refractivity contribution >= 4 is 11.6 Å². The van der Waals surface area contributed by atoms with Gasteiger partial charge in [0.2, 0.25) is 0 Å². The fourth-order valence-corrected chi connectivity index (χ4v) is 1.17. The summed E-state index contributed by atoms with van der Waals surface area (Å²) in [4.78, 5) is 22.3. The summed E-state index contributed by atoms with van der Waals surface area (Å²) < 4.78 is 0. The predicted molar refractivity (Wildman–Crippen MR) is 42.4 cm³/mol. The van der Waals surface area contributed by atoms with Crippen molar-refractivity contribution in [3.63, 3.8) is 0 Å². The van der Waals surface area contributed by atoms with Crippen molar-refractivity contribution in [2.24, 2.45) is 0 Å². The van der Waals surface area contributed by atoms with Gasteiger partial charge in [-0.25, -0.2) is 0 Å². The summed E-state index contributed by atoms with van der Waals surface area (Å²) in [6.07, 6.45) is 1.57. The van der Waals surface area contributed by atoms with Gasteiger partial charge in [-0.1, -0.05) is 0 Å². The number of aliphatic hydroxyl groups excluding tert-OH is 1. The standard InChI is InChI=1S/C8H11NO3/c1-5(10)9-8(2)6(11)3-4-7(8)12/h3-5,9-10H,1-2H3. The van der Waals surface area contributed by atoms with E-state index >= 15 is 0 Å². The van der Waals surface area contributed by atoms with Crippen molar-refractivity contribution in [2.45, 2.75) is 25.6 Å². The van der Waals surface area contributed by atoms with Crippen LogP contribution >= 0.6 is 0 Å². The first kappa shape index (κ1) is 9.09. The Kier molecular flexibility index (Phi) is 2.12. The summed E-state index contributed by atoms with van der Waals surface area (Å²) in [6, 6.07) is 0. The summed E-state index contributed by atoms with van der Waals surface area (Å²) in [5.74, 6) is -0.623. The fraction of sp³-hybridized carbons (Fsp3) is 0.500. The molecule has 0 heterocycles. The smallest absolute Gasteiger partial charge is 0.183 e. The minimum atomic E-state index is -1.26. The van der Waals surface area contributed by atoms with Crippen molar-refractivity contribution in [3.05, 3.63) is 12.2 Å². The molecular weight excluding hydrogens is 158 g/mol. The lowest BCUT2D eigenvalue weighted by atomic mass is 9.97. The molecule has 0 aliphatic heterocycles. The lowest BCUT2D eigenvalue weighted by Crippen LogP contribution is -2.55. The molecule has 2 N–H and O–H groups in total. The van der Waals surface area contributed by atoms with Crippen molar-refractivity contribution in [2.75, 3.05) is 0 Å². The van der Waals surface area contributed by atoms with E-state index in [1.54, 1.807) is 0 Å². The van der Waals surface area contributed by atoms with Crippen LogP contribution in [0.3, 0.4) is 0 Å². The Morgan fingerprint density at radius 1 is 1.42 bits per heavy atom. The highest BCUT2D eigenvalue weighted by Gasteiger charge is 2.42. The van der Waals surface area contributed by atoms with Gasteiger partial charge in [-0.15, -0.1) is 0 Å². The Labute approximate surface area is 70.3 Å². The Morgan fingerprint density at radius 2 is 1.83 bits per heavy atom. The number of ketones is 2. The second kappa shape index (κ2) is 2.80. The first-order valence-electron chi connectivity index (χ1n) is 3.69. The van der Waals surface area contributed by atoms with E-state index in [2.05, 4.69) is 5.32 Å². The third kappa shape index (κ3) is 1.31. The highest BCUT2D eigenvalue weighted by molar-refractivity contribution is 6.25. The summed E-state index contributed by atoms with van der Waals surface area (Å²) in [7, 11) is 0. The van der Waals surface area contributed by atoms with E-state index < -0.39 is 11.8 Å². The summed E-state index contributed by atoms with van der Waals surface area (Å²) in [5.41, 5.74) is -1.26. The van der Waals surface area contributed by atoms with E-state index in [4.69, 9.17) is 5.11 Å². The number of carbonyl (C=O) groups excluding carboxylic acids is 2. The van der Waals surface area contributed by atoms with Gasteiger partial charge < -0.3 is 5.11 Å². The monoisotopic (exact) mass is 169 g/mol. The highest BCUT2D eigenvalue weighted by atomic mass is 16.3. The van der Waals surface area contributed by atoms with Gasteiger partial charge in [0, 0.05) is 0 Å². The summed E-state index contributed by atoms with van der Waals surface area (Å²) >= 11 is 0. The fourth-order valence-electron chi connectivity index (χ4n) is 1.17. The average molecular weight is 169 g/mol. The van der Waals surface area contributed by atoms with E-state index in [9.17, 15) is 9.59 Å². The lowest BCUT2D eigenvalue weighted by Gasteiger charge is -2.23. The molecule has 0 radical (unpaired) electrons. The van der Waals surface area contributed by atoms with Crippen LogP contribution in [-0.2, 0) is 9.59 Å². The maximum Gasteiger partial charge on any atom is 0.183 e. The minimum absolute atomic E-state index is 0.312. The first-order valence-corrected chi connectivity index (χ1v) is 3.69. The van der Waals surface area contributed by atoms with Gasteiger partial charge >= 0.3 is 0 Å². The molecular formula is C8H11NO3. The number of nitrogens with one attached hydrogen (secondary N) is 1. The Bertz CT molecular complexity index is 237. The third-order valence-corrected chi connectivity index (χ3v) is 1.87. The summed E-state index contributed by atoms with van der Waals surface area (Å²) in [5, 5.41) is 11.5. The zero-order valence-corrected chi connectivity index (χ0v) is 7.00. The molecule has 0 aromatic heterocycles. The zero-order valence-electron chi connectivity index (χ0n) is 7.00. The number of hydrogen-bond acceptors (Lipinski definition) is 4.